The molecule has 0 saturated carbocycles. The lowest BCUT2D eigenvalue weighted by Gasteiger charge is -2.12. The van der Waals surface area contributed by atoms with Crippen LogP contribution in [0.2, 0.25) is 0 Å². The van der Waals surface area contributed by atoms with E-state index in [9.17, 15) is 0 Å². The second-order valence-corrected chi connectivity index (χ2v) is 5.05. The predicted molar refractivity (Wildman–Crippen MR) is 74.1 cm³/mol. The highest BCUT2D eigenvalue weighted by Gasteiger charge is 2.21. The molecule has 0 aliphatic carbocycles. The summed E-state index contributed by atoms with van der Waals surface area (Å²) in [7, 11) is 0. The van der Waals surface area contributed by atoms with Gasteiger partial charge in [0.2, 0.25) is 6.79 Å². The molecule has 1 aromatic carbocycles. The van der Waals surface area contributed by atoms with Crippen LogP contribution in [-0.4, -0.2) is 21.7 Å². The Morgan fingerprint density at radius 1 is 1.00 bits per heavy atom. The average molecular weight is 271 g/mol. The maximum atomic E-state index is 5.53. The number of rotatable bonds is 2. The van der Waals surface area contributed by atoms with E-state index in [-0.39, 0.29) is 0 Å². The van der Waals surface area contributed by atoms with Crippen molar-refractivity contribution in [2.24, 2.45) is 0 Å². The van der Waals surface area contributed by atoms with Crippen molar-refractivity contribution in [3.05, 3.63) is 40.2 Å². The van der Waals surface area contributed by atoms with E-state index in [1.807, 2.05) is 19.9 Å². The fourth-order valence-electron chi connectivity index (χ4n) is 2.60. The third-order valence-electron chi connectivity index (χ3n) is 3.50. The molecule has 0 N–H and O–H groups in total. The third kappa shape index (κ3) is 2.19. The van der Waals surface area contributed by atoms with E-state index >= 15 is 0 Å². The lowest BCUT2D eigenvalue weighted by Crippen LogP contribution is -2.05. The van der Waals surface area contributed by atoms with Crippen LogP contribution in [-0.2, 0) is 6.42 Å². The van der Waals surface area contributed by atoms with E-state index in [0.29, 0.717) is 13.2 Å². The first-order valence-electron chi connectivity index (χ1n) is 6.61. The van der Waals surface area contributed by atoms with E-state index in [0.717, 1.165) is 34.5 Å². The Labute approximate surface area is 118 Å². The zero-order valence-electron chi connectivity index (χ0n) is 12.1. The lowest BCUT2D eigenvalue weighted by molar-refractivity contribution is 0.173. The number of benzene rings is 1. The molecule has 20 heavy (non-hydrogen) atoms. The first-order valence-corrected chi connectivity index (χ1v) is 6.61. The molecule has 3 rings (SSSR count). The van der Waals surface area contributed by atoms with Crippen molar-refractivity contribution in [1.82, 2.24) is 15.0 Å². The minimum atomic E-state index is 0.295. The van der Waals surface area contributed by atoms with Gasteiger partial charge in [-0.2, -0.15) is 0 Å². The molecule has 0 fully saturated rings. The molecule has 0 saturated heterocycles. The minimum absolute atomic E-state index is 0.295. The van der Waals surface area contributed by atoms with Gasteiger partial charge < -0.3 is 9.47 Å². The molecule has 2 aromatic rings. The lowest BCUT2D eigenvalue weighted by atomic mass is 9.98. The molecule has 1 aromatic heterocycles. The number of nitrogens with zero attached hydrogens (tertiary/aromatic N) is 3. The summed E-state index contributed by atoms with van der Waals surface area (Å²) in [5.74, 6) is 3.96. The Balaban J connectivity index is 2.03. The van der Waals surface area contributed by atoms with E-state index in [4.69, 9.17) is 9.47 Å². The standard InChI is InChI=1S/C15H17N3O2/c1-8-5-13-15(20-7-19-13)9(2)12(8)6-14-17-10(3)16-11(4)18-14/h5H,6-7H2,1-4H3. The maximum Gasteiger partial charge on any atom is 0.231 e. The highest BCUT2D eigenvalue weighted by atomic mass is 16.7. The number of ether oxygens (including phenoxy) is 2. The Morgan fingerprint density at radius 2 is 1.70 bits per heavy atom. The zero-order valence-corrected chi connectivity index (χ0v) is 12.1. The number of fused-ring (bicyclic) bond motifs is 1. The highest BCUT2D eigenvalue weighted by Crippen LogP contribution is 2.39. The van der Waals surface area contributed by atoms with Crippen molar-refractivity contribution in [3.63, 3.8) is 0 Å². The second-order valence-electron chi connectivity index (χ2n) is 5.05. The van der Waals surface area contributed by atoms with Crippen molar-refractivity contribution in [2.45, 2.75) is 34.1 Å². The Morgan fingerprint density at radius 3 is 2.40 bits per heavy atom. The van der Waals surface area contributed by atoms with Gasteiger partial charge in [-0.05, 0) is 50.5 Å². The van der Waals surface area contributed by atoms with Crippen LogP contribution in [0.4, 0.5) is 0 Å². The van der Waals surface area contributed by atoms with Gasteiger partial charge in [-0.3, -0.25) is 0 Å². The van der Waals surface area contributed by atoms with Crippen molar-refractivity contribution in [2.75, 3.05) is 6.79 Å². The fourth-order valence-corrected chi connectivity index (χ4v) is 2.60. The predicted octanol–water partition coefficient (Wildman–Crippen LogP) is 2.42. The Hall–Kier alpha value is -2.17. The molecule has 0 radical (unpaired) electrons. The normalized spacial score (nSPS) is 12.8. The van der Waals surface area contributed by atoms with Crippen LogP contribution in [0, 0.1) is 27.7 Å². The third-order valence-corrected chi connectivity index (χ3v) is 3.50. The summed E-state index contributed by atoms with van der Waals surface area (Å²) in [5.41, 5.74) is 3.47. The number of aryl methyl sites for hydroxylation is 3. The molecule has 5 heteroatoms. The van der Waals surface area contributed by atoms with Crippen LogP contribution in [0.15, 0.2) is 6.07 Å². The topological polar surface area (TPSA) is 57.1 Å². The summed E-state index contributed by atoms with van der Waals surface area (Å²) in [6.07, 6.45) is 0.679. The molecule has 1 aliphatic rings. The van der Waals surface area contributed by atoms with Crippen molar-refractivity contribution >= 4 is 0 Å². The van der Waals surface area contributed by atoms with Crippen LogP contribution in [0.25, 0.3) is 0 Å². The van der Waals surface area contributed by atoms with Gasteiger partial charge in [0.15, 0.2) is 11.5 Å². The first-order chi connectivity index (χ1) is 9.54. The van der Waals surface area contributed by atoms with Gasteiger partial charge in [0, 0.05) is 6.42 Å². The zero-order chi connectivity index (χ0) is 14.3. The number of hydrogen-bond donors (Lipinski definition) is 0. The summed E-state index contributed by atoms with van der Waals surface area (Å²) >= 11 is 0. The van der Waals surface area contributed by atoms with Crippen LogP contribution in [0.3, 0.4) is 0 Å². The largest absolute Gasteiger partial charge is 0.454 e. The van der Waals surface area contributed by atoms with Gasteiger partial charge in [-0.15, -0.1) is 0 Å². The fraction of sp³-hybridized carbons (Fsp3) is 0.400. The summed E-state index contributed by atoms with van der Waals surface area (Å²) in [4.78, 5) is 13.0. The summed E-state index contributed by atoms with van der Waals surface area (Å²) in [6.45, 7) is 8.19. The summed E-state index contributed by atoms with van der Waals surface area (Å²) in [6, 6.07) is 2.02. The molecule has 0 spiro atoms. The van der Waals surface area contributed by atoms with Gasteiger partial charge in [0.1, 0.15) is 17.5 Å². The molecule has 0 amide bonds. The molecule has 5 nitrogen and oxygen atoms in total. The highest BCUT2D eigenvalue weighted by molar-refractivity contribution is 5.55. The van der Waals surface area contributed by atoms with E-state index in [1.165, 1.54) is 11.1 Å². The average Bonchev–Trinajstić information content (AvgIpc) is 2.81. The van der Waals surface area contributed by atoms with Crippen LogP contribution in [0.1, 0.15) is 34.2 Å². The van der Waals surface area contributed by atoms with Crippen LogP contribution >= 0.6 is 0 Å². The van der Waals surface area contributed by atoms with Gasteiger partial charge >= 0.3 is 0 Å². The Bertz CT molecular complexity index is 663. The minimum Gasteiger partial charge on any atom is -0.454 e. The van der Waals surface area contributed by atoms with Gasteiger partial charge in [0.25, 0.3) is 0 Å². The van der Waals surface area contributed by atoms with Gasteiger partial charge in [-0.25, -0.2) is 15.0 Å². The first kappa shape index (κ1) is 12.8. The molecular weight excluding hydrogens is 254 g/mol. The van der Waals surface area contributed by atoms with E-state index < -0.39 is 0 Å². The summed E-state index contributed by atoms with van der Waals surface area (Å²) in [5, 5.41) is 0. The van der Waals surface area contributed by atoms with E-state index in [2.05, 4.69) is 28.8 Å². The van der Waals surface area contributed by atoms with Crippen molar-refractivity contribution in [3.8, 4) is 11.5 Å². The molecule has 1 aliphatic heterocycles. The van der Waals surface area contributed by atoms with Crippen molar-refractivity contribution < 1.29 is 9.47 Å². The van der Waals surface area contributed by atoms with Gasteiger partial charge in [0.05, 0.1) is 0 Å². The smallest absolute Gasteiger partial charge is 0.231 e. The van der Waals surface area contributed by atoms with E-state index in [1.54, 1.807) is 0 Å². The van der Waals surface area contributed by atoms with Crippen LogP contribution < -0.4 is 9.47 Å². The molecule has 0 unspecified atom stereocenters. The monoisotopic (exact) mass is 271 g/mol. The molecule has 104 valence electrons. The van der Waals surface area contributed by atoms with Crippen molar-refractivity contribution in [1.29, 1.82) is 0 Å². The molecule has 0 bridgehead atoms. The number of aromatic nitrogens is 3. The summed E-state index contributed by atoms with van der Waals surface area (Å²) < 4.78 is 11.0. The quantitative estimate of drug-likeness (QED) is 0.839. The molecule has 0 atom stereocenters. The second kappa shape index (κ2) is 4.74. The molecular formula is C15H17N3O2. The van der Waals surface area contributed by atoms with Gasteiger partial charge in [-0.1, -0.05) is 0 Å². The molecule has 2 heterocycles. The SMILES string of the molecule is Cc1nc(C)nc(Cc2c(C)cc3c(c2C)OCO3)n1. The maximum absolute atomic E-state index is 5.53. The Kier molecular flexibility index (Phi) is 3.04. The number of hydrogen-bond acceptors (Lipinski definition) is 5. The van der Waals surface area contributed by atoms with Crippen LogP contribution in [0.5, 0.6) is 11.5 Å².